The topological polar surface area (TPSA) is 61.0 Å². The molecule has 0 saturated heterocycles. The smallest absolute Gasteiger partial charge is 0.231 e. The standard InChI is InChI=1S/C18H20N2O4S/c1-12(10-22-15-6-4-3-5-14(15)21-2)19-18(25)20-13-7-8-16-17(9-13)24-11-23-16/h3-9,12H,10-11H2,1-2H3,(H2,19,20,25)/t12-/m0/s1. The van der Waals surface area contributed by atoms with E-state index in [1.807, 2.05) is 49.4 Å². The molecule has 2 aromatic carbocycles. The second-order valence-electron chi connectivity index (χ2n) is 5.53. The van der Waals surface area contributed by atoms with Crippen LogP contribution in [0.1, 0.15) is 6.92 Å². The Balaban J connectivity index is 1.49. The molecule has 0 saturated carbocycles. The molecule has 0 aliphatic carbocycles. The van der Waals surface area contributed by atoms with E-state index in [2.05, 4.69) is 10.6 Å². The van der Waals surface area contributed by atoms with Crippen molar-refractivity contribution in [3.05, 3.63) is 42.5 Å². The van der Waals surface area contributed by atoms with Crippen LogP contribution in [0.15, 0.2) is 42.5 Å². The second-order valence-corrected chi connectivity index (χ2v) is 5.94. The number of fused-ring (bicyclic) bond motifs is 1. The predicted molar refractivity (Wildman–Crippen MR) is 99.9 cm³/mol. The third-order valence-electron chi connectivity index (χ3n) is 3.57. The Hall–Kier alpha value is -2.67. The molecular weight excluding hydrogens is 340 g/mol. The van der Waals surface area contributed by atoms with Gasteiger partial charge in [0.2, 0.25) is 6.79 Å². The van der Waals surface area contributed by atoms with Crippen molar-refractivity contribution in [2.45, 2.75) is 13.0 Å². The SMILES string of the molecule is COc1ccccc1OC[C@H](C)NC(=S)Nc1ccc2c(c1)OCO2. The Labute approximate surface area is 152 Å². The van der Waals surface area contributed by atoms with Gasteiger partial charge in [-0.1, -0.05) is 12.1 Å². The lowest BCUT2D eigenvalue weighted by molar-refractivity contribution is 0.174. The van der Waals surface area contributed by atoms with E-state index in [1.165, 1.54) is 0 Å². The average molecular weight is 360 g/mol. The van der Waals surface area contributed by atoms with Gasteiger partial charge in [-0.3, -0.25) is 0 Å². The largest absolute Gasteiger partial charge is 0.493 e. The van der Waals surface area contributed by atoms with E-state index >= 15 is 0 Å². The first kappa shape index (κ1) is 17.2. The first-order valence-electron chi connectivity index (χ1n) is 7.88. The number of hydrogen-bond acceptors (Lipinski definition) is 5. The van der Waals surface area contributed by atoms with Gasteiger partial charge in [0.15, 0.2) is 28.1 Å². The summed E-state index contributed by atoms with van der Waals surface area (Å²) in [4.78, 5) is 0. The fourth-order valence-electron chi connectivity index (χ4n) is 2.36. The van der Waals surface area contributed by atoms with Crippen LogP contribution in [0.25, 0.3) is 0 Å². The van der Waals surface area contributed by atoms with Gasteiger partial charge >= 0.3 is 0 Å². The maximum atomic E-state index is 5.79. The maximum Gasteiger partial charge on any atom is 0.231 e. The number of para-hydroxylation sites is 2. The van der Waals surface area contributed by atoms with Crippen LogP contribution in [0.5, 0.6) is 23.0 Å². The van der Waals surface area contributed by atoms with Crippen molar-refractivity contribution in [1.82, 2.24) is 5.32 Å². The molecule has 132 valence electrons. The van der Waals surface area contributed by atoms with Crippen molar-refractivity contribution >= 4 is 23.0 Å². The molecule has 6 nitrogen and oxygen atoms in total. The molecule has 2 aromatic rings. The van der Waals surface area contributed by atoms with Crippen LogP contribution in [0, 0.1) is 0 Å². The van der Waals surface area contributed by atoms with E-state index < -0.39 is 0 Å². The molecule has 7 heteroatoms. The highest BCUT2D eigenvalue weighted by atomic mass is 32.1. The van der Waals surface area contributed by atoms with E-state index in [-0.39, 0.29) is 12.8 Å². The number of methoxy groups -OCH3 is 1. The molecule has 0 amide bonds. The lowest BCUT2D eigenvalue weighted by Crippen LogP contribution is -2.39. The summed E-state index contributed by atoms with van der Waals surface area (Å²) in [6.07, 6.45) is 0. The van der Waals surface area contributed by atoms with Crippen LogP contribution >= 0.6 is 12.2 Å². The van der Waals surface area contributed by atoms with Gasteiger partial charge in [0.05, 0.1) is 13.2 Å². The van der Waals surface area contributed by atoms with Crippen LogP contribution in [0.2, 0.25) is 0 Å². The summed E-state index contributed by atoms with van der Waals surface area (Å²) in [6.45, 7) is 2.69. The molecule has 25 heavy (non-hydrogen) atoms. The zero-order valence-electron chi connectivity index (χ0n) is 14.1. The number of ether oxygens (including phenoxy) is 4. The number of benzene rings is 2. The molecule has 0 fully saturated rings. The number of hydrogen-bond donors (Lipinski definition) is 2. The van der Waals surface area contributed by atoms with Crippen LogP contribution in [0.3, 0.4) is 0 Å². The fraction of sp³-hybridized carbons (Fsp3) is 0.278. The maximum absolute atomic E-state index is 5.79. The van der Waals surface area contributed by atoms with Gasteiger partial charge in [0, 0.05) is 11.8 Å². The van der Waals surface area contributed by atoms with Crippen LogP contribution in [-0.4, -0.2) is 31.7 Å². The summed E-state index contributed by atoms with van der Waals surface area (Å²) in [5, 5.41) is 6.82. The van der Waals surface area contributed by atoms with Crippen molar-refractivity contribution in [3.63, 3.8) is 0 Å². The minimum absolute atomic E-state index is 0.0129. The van der Waals surface area contributed by atoms with Gasteiger partial charge in [0.1, 0.15) is 6.61 Å². The van der Waals surface area contributed by atoms with E-state index in [9.17, 15) is 0 Å². The monoisotopic (exact) mass is 360 g/mol. The molecule has 1 aliphatic heterocycles. The zero-order chi connectivity index (χ0) is 17.6. The Kier molecular flexibility index (Phi) is 5.45. The van der Waals surface area contributed by atoms with Gasteiger partial charge in [-0.15, -0.1) is 0 Å². The molecule has 1 atom stereocenters. The fourth-order valence-corrected chi connectivity index (χ4v) is 2.68. The zero-order valence-corrected chi connectivity index (χ0v) is 14.9. The van der Waals surface area contributed by atoms with E-state index in [0.29, 0.717) is 29.0 Å². The average Bonchev–Trinajstić information content (AvgIpc) is 3.07. The molecule has 0 radical (unpaired) electrons. The molecule has 1 aliphatic rings. The van der Waals surface area contributed by atoms with Crippen molar-refractivity contribution in [1.29, 1.82) is 0 Å². The Bertz CT molecular complexity index is 754. The van der Waals surface area contributed by atoms with Crippen LogP contribution in [-0.2, 0) is 0 Å². The summed E-state index contributed by atoms with van der Waals surface area (Å²) in [7, 11) is 1.62. The third-order valence-corrected chi connectivity index (χ3v) is 3.79. The second kappa shape index (κ2) is 7.94. The van der Waals surface area contributed by atoms with Crippen molar-refractivity contribution < 1.29 is 18.9 Å². The molecule has 0 spiro atoms. The van der Waals surface area contributed by atoms with Gasteiger partial charge in [-0.05, 0) is 43.4 Å². The Morgan fingerprint density at radius 1 is 1.16 bits per heavy atom. The number of anilines is 1. The van der Waals surface area contributed by atoms with Gasteiger partial charge in [-0.2, -0.15) is 0 Å². The minimum atomic E-state index is 0.0129. The quantitative estimate of drug-likeness (QED) is 0.767. The number of thiocarbonyl (C=S) groups is 1. The van der Waals surface area contributed by atoms with E-state index in [0.717, 1.165) is 11.4 Å². The normalized spacial score (nSPS) is 13.0. The lowest BCUT2D eigenvalue weighted by Gasteiger charge is -2.18. The molecular formula is C18H20N2O4S. The number of nitrogens with one attached hydrogen (secondary N) is 2. The highest BCUT2D eigenvalue weighted by molar-refractivity contribution is 7.80. The molecule has 0 aromatic heterocycles. The van der Waals surface area contributed by atoms with Crippen LogP contribution in [0.4, 0.5) is 5.69 Å². The first-order chi connectivity index (χ1) is 12.2. The summed E-state index contributed by atoms with van der Waals surface area (Å²) in [5.74, 6) is 2.85. The van der Waals surface area contributed by atoms with E-state index in [4.69, 9.17) is 31.2 Å². The van der Waals surface area contributed by atoms with E-state index in [1.54, 1.807) is 7.11 Å². The minimum Gasteiger partial charge on any atom is -0.493 e. The summed E-state index contributed by atoms with van der Waals surface area (Å²) in [5.41, 5.74) is 0.833. The number of rotatable bonds is 6. The molecule has 1 heterocycles. The Morgan fingerprint density at radius 2 is 1.92 bits per heavy atom. The Morgan fingerprint density at radius 3 is 2.72 bits per heavy atom. The summed E-state index contributed by atoms with van der Waals surface area (Å²) < 4.78 is 21.7. The molecule has 0 unspecified atom stereocenters. The molecule has 2 N–H and O–H groups in total. The highest BCUT2D eigenvalue weighted by Gasteiger charge is 2.14. The van der Waals surface area contributed by atoms with Gasteiger partial charge in [-0.25, -0.2) is 0 Å². The summed E-state index contributed by atoms with van der Waals surface area (Å²) in [6, 6.07) is 13.1. The summed E-state index contributed by atoms with van der Waals surface area (Å²) >= 11 is 5.35. The van der Waals surface area contributed by atoms with Gasteiger partial charge in [0.25, 0.3) is 0 Å². The lowest BCUT2D eigenvalue weighted by atomic mass is 10.3. The van der Waals surface area contributed by atoms with Crippen molar-refractivity contribution in [2.24, 2.45) is 0 Å². The van der Waals surface area contributed by atoms with Crippen molar-refractivity contribution in [2.75, 3.05) is 25.8 Å². The highest BCUT2D eigenvalue weighted by Crippen LogP contribution is 2.34. The first-order valence-corrected chi connectivity index (χ1v) is 8.29. The molecule has 0 bridgehead atoms. The van der Waals surface area contributed by atoms with Gasteiger partial charge < -0.3 is 29.6 Å². The van der Waals surface area contributed by atoms with Crippen LogP contribution < -0.4 is 29.6 Å². The predicted octanol–water partition coefficient (Wildman–Crippen LogP) is 3.18. The third kappa shape index (κ3) is 4.45. The van der Waals surface area contributed by atoms with Crippen molar-refractivity contribution in [3.8, 4) is 23.0 Å². The molecule has 3 rings (SSSR count).